The van der Waals surface area contributed by atoms with Crippen LogP contribution in [0.5, 0.6) is 17.2 Å². The number of carboxylic acid groups (broad SMARTS) is 1. The fourth-order valence-electron chi connectivity index (χ4n) is 6.89. The third-order valence-electron chi connectivity index (χ3n) is 10.1. The second kappa shape index (κ2) is 18.9. The molecule has 2 aliphatic heterocycles. The summed E-state index contributed by atoms with van der Waals surface area (Å²) in [4.78, 5) is 41.6. The molecule has 1 aromatic heterocycles. The fraction of sp³-hybridized carbons (Fsp3) is 0.304. The number of halogens is 2. The van der Waals surface area contributed by atoms with Crippen molar-refractivity contribution in [1.29, 1.82) is 0 Å². The lowest BCUT2D eigenvalue weighted by atomic mass is 9.92. The van der Waals surface area contributed by atoms with Gasteiger partial charge in [-0.1, -0.05) is 65.7 Å². The summed E-state index contributed by atoms with van der Waals surface area (Å²) in [6.45, 7) is 10.6. The van der Waals surface area contributed by atoms with E-state index in [1.165, 1.54) is 4.90 Å². The monoisotopic (exact) mass is 839 g/mol. The lowest BCUT2D eigenvalue weighted by Crippen LogP contribution is -2.53. The molecule has 3 heterocycles. The molecule has 308 valence electrons. The average molecular weight is 841 g/mol. The molecule has 13 heteroatoms. The zero-order chi connectivity index (χ0) is 42.3. The Hall–Kier alpha value is -5.78. The molecule has 2 aliphatic rings. The molecule has 0 aliphatic carbocycles. The number of nitrogens with zero attached hydrogens (tertiary/aromatic N) is 2. The number of hydrogen-bond donors (Lipinski definition) is 2. The Morgan fingerprint density at radius 2 is 1.63 bits per heavy atom. The first kappa shape index (κ1) is 42.8. The van der Waals surface area contributed by atoms with Crippen molar-refractivity contribution in [2.75, 3.05) is 13.2 Å². The number of aryl methyl sites for hydroxylation is 1. The number of nitrogens with one attached hydrogen (secondary N) is 1. The van der Waals surface area contributed by atoms with E-state index < -0.39 is 17.7 Å². The van der Waals surface area contributed by atoms with E-state index in [0.717, 1.165) is 50.2 Å². The van der Waals surface area contributed by atoms with Gasteiger partial charge in [0.05, 0.1) is 16.6 Å². The summed E-state index contributed by atoms with van der Waals surface area (Å²) >= 11 is 12.2. The molecule has 5 aromatic rings. The Kier molecular flexibility index (Phi) is 13.7. The number of carbonyl (C=O) groups is 3. The van der Waals surface area contributed by atoms with Crippen LogP contribution in [0.2, 0.25) is 10.0 Å². The Morgan fingerprint density at radius 3 is 2.32 bits per heavy atom. The van der Waals surface area contributed by atoms with Crippen LogP contribution in [-0.4, -0.2) is 58.3 Å². The fourth-order valence-corrected chi connectivity index (χ4v) is 7.21. The number of hydrogen-bond acceptors (Lipinski definition) is 8. The maximum Gasteiger partial charge on any atom is 0.411 e. The molecule has 2 amide bonds. The van der Waals surface area contributed by atoms with Gasteiger partial charge in [-0.3, -0.25) is 19.5 Å². The molecule has 0 saturated heterocycles. The molecule has 11 nitrogen and oxygen atoms in total. The van der Waals surface area contributed by atoms with Crippen molar-refractivity contribution in [3.05, 3.63) is 140 Å². The van der Waals surface area contributed by atoms with Crippen LogP contribution in [0.15, 0.2) is 91.1 Å². The Morgan fingerprint density at radius 1 is 0.932 bits per heavy atom. The number of amides is 2. The summed E-state index contributed by atoms with van der Waals surface area (Å²) in [6, 6.07) is 26.6. The summed E-state index contributed by atoms with van der Waals surface area (Å²) < 4.78 is 24.4. The molecule has 59 heavy (non-hydrogen) atoms. The predicted octanol–water partition coefficient (Wildman–Crippen LogP) is 9.49. The van der Waals surface area contributed by atoms with Gasteiger partial charge in [-0.25, -0.2) is 4.79 Å². The van der Waals surface area contributed by atoms with Crippen molar-refractivity contribution < 1.29 is 38.4 Å². The Labute approximate surface area is 354 Å². The minimum Gasteiger partial charge on any atom is -0.489 e. The number of carbonyl (C=O) groups excluding carboxylic acids is 2. The standard InChI is InChI=1S/C45H45Cl2N3O6.CH2O2/c1-27-28(2)48-19-17-36(27)31-9-6-29(7-10-31)16-18-49-43(51)39-21-33-22-40-41(23-34(33)24-50(39)44(52)56-45(3,4)5)55-42(26-54-40)32-11-13-35(14-12-32)53-25-30-8-15-37(46)38(47)20-30;2-1-3/h6-15,17,19-20,22-23,39,42H,16,18,21,24-26H2,1-5H3,(H,49,51);1H,(H,2,3). The molecule has 2 N–H and O–H groups in total. The summed E-state index contributed by atoms with van der Waals surface area (Å²) in [5.74, 6) is 1.65. The van der Waals surface area contributed by atoms with Crippen LogP contribution in [0.25, 0.3) is 11.1 Å². The number of ether oxygens (including phenoxy) is 4. The first-order valence-corrected chi connectivity index (χ1v) is 20.0. The van der Waals surface area contributed by atoms with Crippen molar-refractivity contribution in [2.45, 2.75) is 78.4 Å². The average Bonchev–Trinajstić information content (AvgIpc) is 3.21. The zero-order valence-corrected chi connectivity index (χ0v) is 35.1. The van der Waals surface area contributed by atoms with Crippen LogP contribution in [0, 0.1) is 13.8 Å². The summed E-state index contributed by atoms with van der Waals surface area (Å²) in [6.07, 6.45) is 1.88. The van der Waals surface area contributed by atoms with Gasteiger partial charge >= 0.3 is 6.09 Å². The van der Waals surface area contributed by atoms with Gasteiger partial charge in [0.25, 0.3) is 6.47 Å². The highest BCUT2D eigenvalue weighted by Crippen LogP contribution is 2.41. The largest absolute Gasteiger partial charge is 0.489 e. The molecule has 4 aromatic carbocycles. The maximum absolute atomic E-state index is 13.8. The van der Waals surface area contributed by atoms with Crippen LogP contribution in [0.3, 0.4) is 0 Å². The first-order valence-electron chi connectivity index (χ1n) is 19.2. The van der Waals surface area contributed by atoms with Gasteiger partial charge in [-0.2, -0.15) is 0 Å². The van der Waals surface area contributed by atoms with Gasteiger partial charge in [-0.05, 0) is 128 Å². The molecule has 2 unspecified atom stereocenters. The molecule has 0 bridgehead atoms. The third kappa shape index (κ3) is 10.8. The molecule has 0 radical (unpaired) electrons. The van der Waals surface area contributed by atoms with Gasteiger partial charge in [0, 0.05) is 24.9 Å². The lowest BCUT2D eigenvalue weighted by Gasteiger charge is -2.38. The quantitative estimate of drug-likeness (QED) is 0.139. The normalized spacial score (nSPS) is 15.5. The van der Waals surface area contributed by atoms with E-state index in [2.05, 4.69) is 41.5 Å². The van der Waals surface area contributed by atoms with E-state index >= 15 is 0 Å². The summed E-state index contributed by atoms with van der Waals surface area (Å²) in [5.41, 5.74) is 8.45. The van der Waals surface area contributed by atoms with E-state index in [9.17, 15) is 9.59 Å². The smallest absolute Gasteiger partial charge is 0.411 e. The molecule has 0 spiro atoms. The highest BCUT2D eigenvalue weighted by Gasteiger charge is 2.38. The van der Waals surface area contributed by atoms with Gasteiger partial charge in [0.15, 0.2) is 17.6 Å². The van der Waals surface area contributed by atoms with Gasteiger partial charge in [0.2, 0.25) is 5.91 Å². The molecule has 2 atom stereocenters. The molecular formula is C46H47Cl2N3O8. The minimum atomic E-state index is -0.759. The number of rotatable bonds is 9. The van der Waals surface area contributed by atoms with Crippen molar-refractivity contribution >= 4 is 41.7 Å². The van der Waals surface area contributed by atoms with Crippen molar-refractivity contribution in [3.63, 3.8) is 0 Å². The number of pyridine rings is 1. The van der Waals surface area contributed by atoms with Crippen LogP contribution in [-0.2, 0) is 40.3 Å². The number of benzene rings is 4. The number of fused-ring (bicyclic) bond motifs is 2. The topological polar surface area (TPSA) is 137 Å². The summed E-state index contributed by atoms with van der Waals surface area (Å²) in [7, 11) is 0. The summed E-state index contributed by atoms with van der Waals surface area (Å²) in [5, 5.41) is 11.0. The molecule has 0 saturated carbocycles. The second-order valence-corrected chi connectivity index (χ2v) is 16.1. The highest BCUT2D eigenvalue weighted by atomic mass is 35.5. The van der Waals surface area contributed by atoms with Crippen LogP contribution < -0.4 is 19.5 Å². The minimum absolute atomic E-state index is 0.184. The van der Waals surface area contributed by atoms with Crippen LogP contribution in [0.4, 0.5) is 4.79 Å². The predicted molar refractivity (Wildman–Crippen MR) is 226 cm³/mol. The maximum atomic E-state index is 13.8. The van der Waals surface area contributed by atoms with E-state index in [4.69, 9.17) is 52.1 Å². The van der Waals surface area contributed by atoms with Crippen LogP contribution in [0.1, 0.15) is 65.9 Å². The van der Waals surface area contributed by atoms with Gasteiger partial charge in [0.1, 0.15) is 30.6 Å². The van der Waals surface area contributed by atoms with E-state index in [-0.39, 0.29) is 25.0 Å². The Balaban J connectivity index is 0.00000189. The second-order valence-electron chi connectivity index (χ2n) is 15.3. The van der Waals surface area contributed by atoms with Crippen molar-refractivity contribution in [2.24, 2.45) is 0 Å². The zero-order valence-electron chi connectivity index (χ0n) is 33.6. The van der Waals surface area contributed by atoms with Gasteiger partial charge < -0.3 is 29.4 Å². The molecule has 0 fully saturated rings. The molecule has 7 rings (SSSR count). The number of aromatic nitrogens is 1. The highest BCUT2D eigenvalue weighted by molar-refractivity contribution is 6.42. The van der Waals surface area contributed by atoms with Gasteiger partial charge in [-0.15, -0.1) is 0 Å². The third-order valence-corrected chi connectivity index (χ3v) is 10.8. The lowest BCUT2D eigenvalue weighted by molar-refractivity contribution is -0.127. The molecular weight excluding hydrogens is 793 g/mol. The van der Waals surface area contributed by atoms with Crippen molar-refractivity contribution in [3.8, 4) is 28.4 Å². The first-order chi connectivity index (χ1) is 28.2. The van der Waals surface area contributed by atoms with E-state index in [0.29, 0.717) is 59.9 Å². The van der Waals surface area contributed by atoms with Crippen LogP contribution >= 0.6 is 23.2 Å². The van der Waals surface area contributed by atoms with Crippen molar-refractivity contribution in [1.82, 2.24) is 15.2 Å². The van der Waals surface area contributed by atoms with E-state index in [1.54, 1.807) is 12.1 Å². The SMILES string of the molecule is Cc1nccc(-c2ccc(CCNC(=O)C3Cc4cc5c(cc4CN3C(=O)OC(C)(C)C)OC(c3ccc(OCc4ccc(Cl)c(Cl)c4)cc3)CO5)cc2)c1C.O=CO. The van der Waals surface area contributed by atoms with E-state index in [1.807, 2.05) is 82.4 Å². The Bertz CT molecular complexity index is 2290.